The van der Waals surface area contributed by atoms with Crippen LogP contribution in [0.2, 0.25) is 0 Å². The molecule has 0 atom stereocenters. The van der Waals surface area contributed by atoms with Gasteiger partial charge in [0.2, 0.25) is 10.0 Å². The van der Waals surface area contributed by atoms with E-state index in [4.69, 9.17) is 9.84 Å². The van der Waals surface area contributed by atoms with Crippen LogP contribution in [0.5, 0.6) is 0 Å². The molecule has 7 nitrogen and oxygen atoms in total. The third-order valence-corrected chi connectivity index (χ3v) is 3.66. The Morgan fingerprint density at radius 1 is 1.19 bits per heavy atom. The maximum absolute atomic E-state index is 11.9. The van der Waals surface area contributed by atoms with Crippen molar-refractivity contribution in [3.8, 4) is 0 Å². The van der Waals surface area contributed by atoms with E-state index in [9.17, 15) is 18.0 Å². The summed E-state index contributed by atoms with van der Waals surface area (Å²) in [7, 11) is -3.90. The Morgan fingerprint density at radius 2 is 1.71 bits per heavy atom. The molecule has 0 fully saturated rings. The van der Waals surface area contributed by atoms with E-state index in [-0.39, 0.29) is 10.5 Å². The van der Waals surface area contributed by atoms with E-state index in [1.165, 1.54) is 12.1 Å². The van der Waals surface area contributed by atoms with E-state index in [2.05, 4.69) is 4.72 Å². The summed E-state index contributed by atoms with van der Waals surface area (Å²) < 4.78 is 30.9. The number of carbonyl (C=O) groups excluding carboxylic acids is 1. The lowest BCUT2D eigenvalue weighted by Gasteiger charge is -2.19. The highest BCUT2D eigenvalue weighted by Gasteiger charge is 2.20. The maximum Gasteiger partial charge on any atom is 0.335 e. The Labute approximate surface area is 123 Å². The van der Waals surface area contributed by atoms with Crippen molar-refractivity contribution in [2.45, 2.75) is 31.3 Å². The van der Waals surface area contributed by atoms with Crippen molar-refractivity contribution >= 4 is 22.0 Å². The van der Waals surface area contributed by atoms with Gasteiger partial charge in [-0.05, 0) is 45.0 Å². The van der Waals surface area contributed by atoms with Crippen LogP contribution in [0.1, 0.15) is 31.1 Å². The van der Waals surface area contributed by atoms with Crippen molar-refractivity contribution in [3.05, 3.63) is 29.8 Å². The van der Waals surface area contributed by atoms with Crippen LogP contribution in [-0.4, -0.2) is 37.6 Å². The molecule has 1 rings (SSSR count). The summed E-state index contributed by atoms with van der Waals surface area (Å²) in [6.45, 7) is 4.51. The molecule has 0 amide bonds. The fourth-order valence-electron chi connectivity index (χ4n) is 1.39. The predicted octanol–water partition coefficient (Wildman–Crippen LogP) is 1.00. The van der Waals surface area contributed by atoms with Crippen molar-refractivity contribution in [2.75, 3.05) is 6.54 Å². The molecule has 0 spiro atoms. The number of esters is 1. The third-order valence-electron chi connectivity index (χ3n) is 2.24. The van der Waals surface area contributed by atoms with E-state index >= 15 is 0 Å². The number of carbonyl (C=O) groups is 2. The molecule has 0 radical (unpaired) electrons. The molecule has 1 aromatic rings. The molecule has 116 valence electrons. The summed E-state index contributed by atoms with van der Waals surface area (Å²) >= 11 is 0. The number of aromatic carboxylic acids is 1. The minimum absolute atomic E-state index is 0.0268. The van der Waals surface area contributed by atoms with Gasteiger partial charge in [-0.15, -0.1) is 0 Å². The van der Waals surface area contributed by atoms with Gasteiger partial charge < -0.3 is 9.84 Å². The van der Waals surface area contributed by atoms with Crippen LogP contribution in [0.25, 0.3) is 0 Å². The average Bonchev–Trinajstić information content (AvgIpc) is 2.34. The fourth-order valence-corrected chi connectivity index (χ4v) is 2.36. The SMILES string of the molecule is CC(C)(C)OC(=O)CNS(=O)(=O)c1ccc(C(=O)O)cc1. The number of rotatable bonds is 5. The molecule has 21 heavy (non-hydrogen) atoms. The van der Waals surface area contributed by atoms with E-state index in [1.807, 2.05) is 0 Å². The first kappa shape index (κ1) is 17.1. The second-order valence-electron chi connectivity index (χ2n) is 5.24. The lowest BCUT2D eigenvalue weighted by atomic mass is 10.2. The van der Waals surface area contributed by atoms with Gasteiger partial charge in [0.25, 0.3) is 0 Å². The number of ether oxygens (including phenoxy) is 1. The Balaban J connectivity index is 2.74. The van der Waals surface area contributed by atoms with Crippen molar-refractivity contribution < 1.29 is 27.9 Å². The van der Waals surface area contributed by atoms with Gasteiger partial charge in [0.1, 0.15) is 12.1 Å². The molecule has 0 unspecified atom stereocenters. The molecule has 8 heteroatoms. The topological polar surface area (TPSA) is 110 Å². The highest BCUT2D eigenvalue weighted by molar-refractivity contribution is 7.89. The van der Waals surface area contributed by atoms with E-state index in [0.29, 0.717) is 0 Å². The summed E-state index contributed by atoms with van der Waals surface area (Å²) in [5.74, 6) is -1.85. The molecular formula is C13H17NO6S. The summed E-state index contributed by atoms with van der Waals surface area (Å²) in [6.07, 6.45) is 0. The molecule has 0 heterocycles. The number of carboxylic acids is 1. The zero-order valence-corrected chi connectivity index (χ0v) is 12.7. The van der Waals surface area contributed by atoms with Gasteiger partial charge in [0.15, 0.2) is 0 Å². The van der Waals surface area contributed by atoms with Crippen LogP contribution in [0, 0.1) is 0 Å². The Bertz CT molecular complexity index is 628. The minimum Gasteiger partial charge on any atom is -0.478 e. The molecular weight excluding hydrogens is 298 g/mol. The molecule has 0 aliphatic rings. The smallest absolute Gasteiger partial charge is 0.335 e. The Morgan fingerprint density at radius 3 is 2.14 bits per heavy atom. The number of hydrogen-bond acceptors (Lipinski definition) is 5. The normalized spacial score (nSPS) is 12.0. The number of benzene rings is 1. The summed E-state index contributed by atoms with van der Waals surface area (Å²) in [4.78, 5) is 22.0. The molecule has 0 saturated carbocycles. The highest BCUT2D eigenvalue weighted by atomic mass is 32.2. The van der Waals surface area contributed by atoms with E-state index in [1.54, 1.807) is 20.8 Å². The quantitative estimate of drug-likeness (QED) is 0.785. The van der Waals surface area contributed by atoms with Crippen LogP contribution in [0.4, 0.5) is 0 Å². The maximum atomic E-state index is 11.9. The van der Waals surface area contributed by atoms with Crippen LogP contribution >= 0.6 is 0 Å². The van der Waals surface area contributed by atoms with Gasteiger partial charge in [-0.1, -0.05) is 0 Å². The first-order valence-electron chi connectivity index (χ1n) is 6.06. The standard InChI is InChI=1S/C13H17NO6S/c1-13(2,3)20-11(15)8-14-21(18,19)10-6-4-9(5-7-10)12(16)17/h4-7,14H,8H2,1-3H3,(H,16,17). The van der Waals surface area contributed by atoms with Crippen molar-refractivity contribution in [3.63, 3.8) is 0 Å². The fraction of sp³-hybridized carbons (Fsp3) is 0.385. The van der Waals surface area contributed by atoms with E-state index < -0.39 is 34.1 Å². The van der Waals surface area contributed by atoms with Gasteiger partial charge in [0, 0.05) is 0 Å². The second kappa shape index (κ2) is 6.23. The molecule has 0 saturated heterocycles. The molecule has 2 N–H and O–H groups in total. The van der Waals surface area contributed by atoms with Gasteiger partial charge in [-0.3, -0.25) is 4.79 Å². The van der Waals surface area contributed by atoms with Crippen molar-refractivity contribution in [1.82, 2.24) is 4.72 Å². The number of sulfonamides is 1. The van der Waals surface area contributed by atoms with Crippen molar-refractivity contribution in [1.29, 1.82) is 0 Å². The van der Waals surface area contributed by atoms with E-state index in [0.717, 1.165) is 12.1 Å². The zero-order chi connectivity index (χ0) is 16.3. The molecule has 0 aliphatic heterocycles. The molecule has 1 aromatic carbocycles. The minimum atomic E-state index is -3.90. The second-order valence-corrected chi connectivity index (χ2v) is 7.01. The monoisotopic (exact) mass is 315 g/mol. The lowest BCUT2D eigenvalue weighted by molar-refractivity contribution is -0.153. The van der Waals surface area contributed by atoms with Gasteiger partial charge >= 0.3 is 11.9 Å². The van der Waals surface area contributed by atoms with Gasteiger partial charge in [0.05, 0.1) is 10.5 Å². The Kier molecular flexibility index (Phi) is 5.08. The summed E-state index contributed by atoms with van der Waals surface area (Å²) in [5.41, 5.74) is -0.729. The Hall–Kier alpha value is -1.93. The van der Waals surface area contributed by atoms with Crippen LogP contribution in [0.3, 0.4) is 0 Å². The molecule has 0 aromatic heterocycles. The highest BCUT2D eigenvalue weighted by Crippen LogP contribution is 2.11. The summed E-state index contributed by atoms with van der Waals surface area (Å²) in [6, 6.07) is 4.65. The number of nitrogens with one attached hydrogen (secondary N) is 1. The van der Waals surface area contributed by atoms with Crippen LogP contribution < -0.4 is 4.72 Å². The van der Waals surface area contributed by atoms with Crippen molar-refractivity contribution in [2.24, 2.45) is 0 Å². The van der Waals surface area contributed by atoms with Gasteiger partial charge in [-0.2, -0.15) is 4.72 Å². The first-order valence-corrected chi connectivity index (χ1v) is 7.54. The average molecular weight is 315 g/mol. The summed E-state index contributed by atoms with van der Waals surface area (Å²) in [5, 5.41) is 8.74. The first-order chi connectivity index (χ1) is 9.51. The van der Waals surface area contributed by atoms with Crippen LogP contribution in [-0.2, 0) is 19.6 Å². The lowest BCUT2D eigenvalue weighted by Crippen LogP contribution is -2.34. The largest absolute Gasteiger partial charge is 0.478 e. The van der Waals surface area contributed by atoms with Gasteiger partial charge in [-0.25, -0.2) is 13.2 Å². The van der Waals surface area contributed by atoms with Crippen LogP contribution in [0.15, 0.2) is 29.2 Å². The number of carboxylic acid groups (broad SMARTS) is 1. The third kappa shape index (κ3) is 5.52. The molecule has 0 bridgehead atoms. The zero-order valence-electron chi connectivity index (χ0n) is 11.9. The number of hydrogen-bond donors (Lipinski definition) is 2. The molecule has 0 aliphatic carbocycles. The predicted molar refractivity (Wildman–Crippen MR) is 74.4 cm³/mol.